The summed E-state index contributed by atoms with van der Waals surface area (Å²) in [4.78, 5) is 1.25. The summed E-state index contributed by atoms with van der Waals surface area (Å²) in [6, 6.07) is 50.4. The molecule has 1 N–H and O–H groups in total. The van der Waals surface area contributed by atoms with Crippen LogP contribution < -0.4 is 4.13 Å². The fourth-order valence-electron chi connectivity index (χ4n) is 11.1. The van der Waals surface area contributed by atoms with Crippen molar-refractivity contribution >= 4 is 23.9 Å². The van der Waals surface area contributed by atoms with Gasteiger partial charge in [-0.3, -0.25) is 0 Å². The first-order valence-electron chi connectivity index (χ1n) is 27.8. The molecule has 73 heavy (non-hydrogen) atoms. The predicted molar refractivity (Wildman–Crippen MR) is 328 cm³/mol. The van der Waals surface area contributed by atoms with Crippen molar-refractivity contribution in [3.63, 3.8) is 0 Å². The Balaban J connectivity index is 1.64. The van der Waals surface area contributed by atoms with Gasteiger partial charge in [0.25, 0.3) is 0 Å². The Morgan fingerprint density at radius 3 is 0.795 bits per heavy atom. The smallest absolute Gasteiger partial charge is 0.0393 e. The molecule has 7 rings (SSSR count). The van der Waals surface area contributed by atoms with E-state index < -0.39 is 0 Å². The van der Waals surface area contributed by atoms with E-state index in [1.165, 1.54) is 129 Å². The zero-order valence-electron chi connectivity index (χ0n) is 47.7. The molecule has 0 heterocycles. The van der Waals surface area contributed by atoms with Crippen LogP contribution in [0.25, 0.3) is 66.8 Å². The van der Waals surface area contributed by atoms with Crippen molar-refractivity contribution in [3.8, 4) is 66.8 Å². The third kappa shape index (κ3) is 12.3. The third-order valence-electron chi connectivity index (χ3n) is 15.0. The molecular weight excluding hydrogens is 919 g/mol. The van der Waals surface area contributed by atoms with Crippen LogP contribution in [0.3, 0.4) is 0 Å². The molecule has 3 heteroatoms. The summed E-state index contributed by atoms with van der Waals surface area (Å²) in [6.45, 7) is 40.0. The molecule has 0 fully saturated rings. The third-order valence-corrected chi connectivity index (χ3v) is 16.9. The second-order valence-electron chi connectivity index (χ2n) is 23.2. The molecule has 7 aromatic carbocycles. The van der Waals surface area contributed by atoms with Gasteiger partial charge in [-0.15, -0.1) is 0 Å². The number of hydrogen-bond donors (Lipinski definition) is 1. The van der Waals surface area contributed by atoms with Crippen LogP contribution in [0.2, 0.25) is 0 Å². The lowest BCUT2D eigenvalue weighted by Gasteiger charge is -2.25. The van der Waals surface area contributed by atoms with Crippen LogP contribution in [0.4, 0.5) is 0 Å². The first-order chi connectivity index (χ1) is 34.8. The van der Waals surface area contributed by atoms with E-state index in [-0.39, 0.29) is 0 Å². The lowest BCUT2D eigenvalue weighted by molar-refractivity contribution is 0.836. The van der Waals surface area contributed by atoms with Gasteiger partial charge in [0.15, 0.2) is 0 Å². The number of unbranched alkanes of at least 4 members (excludes halogenated alkanes) is 1. The van der Waals surface area contributed by atoms with E-state index in [9.17, 15) is 0 Å². The monoisotopic (exact) mass is 1010 g/mol. The molecule has 0 aliphatic carbocycles. The van der Waals surface area contributed by atoms with Crippen LogP contribution >= 0.6 is 23.9 Å². The Hall–Kier alpha value is -4.80. The summed E-state index contributed by atoms with van der Waals surface area (Å²) in [6.07, 6.45) is 2.34. The fraction of sp³-hybridized carbons (Fsp3) is 0.400. The maximum atomic E-state index is 3.87. The van der Waals surface area contributed by atoms with Crippen molar-refractivity contribution in [2.75, 3.05) is 5.75 Å². The minimum Gasteiger partial charge on any atom is -0.204 e. The summed E-state index contributed by atoms with van der Waals surface area (Å²) in [5.74, 6) is 3.98. The first-order valence-corrected chi connectivity index (χ1v) is 29.6. The zero-order valence-corrected chi connectivity index (χ0v) is 49.3. The second kappa shape index (κ2) is 24.7. The van der Waals surface area contributed by atoms with Gasteiger partial charge in [0.05, 0.1) is 0 Å². The number of benzene rings is 7. The topological polar surface area (TPSA) is 12.0 Å². The van der Waals surface area contributed by atoms with Crippen LogP contribution in [0.15, 0.2) is 132 Å². The van der Waals surface area contributed by atoms with Crippen molar-refractivity contribution in [2.24, 2.45) is 0 Å². The van der Waals surface area contributed by atoms with Crippen molar-refractivity contribution in [1.82, 2.24) is 4.13 Å². The standard InChI is InChI=1S/C70H87NS2/c1-18-19-35-72-71-73-70-64(50-36-52(66-56(42(2)3)25-20-26-57(66)43(4)5)40-53(37-50)67-58(44(6)7)27-21-28-59(67)45(8)9)33-24-34-65(70)51-38-54(68-60(46(10)11)29-22-30-61(68)47(12)13)41-55(39-51)69-62(48(14)15)31-23-32-63(69)49(16)17/h20-34,36-49,71H,18-19,35H2,1-17H3. The van der Waals surface area contributed by atoms with E-state index >= 15 is 0 Å². The summed E-state index contributed by atoms with van der Waals surface area (Å²) in [5, 5.41) is 0. The van der Waals surface area contributed by atoms with Gasteiger partial charge in [-0.05, 0) is 213 Å². The molecule has 0 spiro atoms. The van der Waals surface area contributed by atoms with Gasteiger partial charge >= 0.3 is 0 Å². The Morgan fingerprint density at radius 2 is 0.562 bits per heavy atom. The molecule has 0 aliphatic heterocycles. The van der Waals surface area contributed by atoms with E-state index in [0.717, 1.165) is 5.75 Å². The average molecular weight is 1010 g/mol. The molecule has 0 amide bonds. The maximum absolute atomic E-state index is 3.87. The van der Waals surface area contributed by atoms with Gasteiger partial charge in [-0.25, -0.2) is 4.13 Å². The van der Waals surface area contributed by atoms with Crippen LogP contribution in [-0.2, 0) is 0 Å². The lowest BCUT2D eigenvalue weighted by atomic mass is 9.80. The number of hydrogen-bond acceptors (Lipinski definition) is 3. The highest BCUT2D eigenvalue weighted by Crippen LogP contribution is 2.49. The normalized spacial score (nSPS) is 12.1. The Labute approximate surface area is 452 Å². The van der Waals surface area contributed by atoms with Crippen LogP contribution in [0.1, 0.15) is 222 Å². The molecule has 1 nitrogen and oxygen atoms in total. The van der Waals surface area contributed by atoms with E-state index in [1.54, 1.807) is 11.9 Å². The lowest BCUT2D eigenvalue weighted by Crippen LogP contribution is -2.03. The molecular formula is C70H87NS2. The molecule has 0 unspecified atom stereocenters. The van der Waals surface area contributed by atoms with Crippen molar-refractivity contribution in [1.29, 1.82) is 0 Å². The van der Waals surface area contributed by atoms with Crippen molar-refractivity contribution in [3.05, 3.63) is 172 Å². The average Bonchev–Trinajstić information content (AvgIpc) is 3.37. The predicted octanol–water partition coefficient (Wildman–Crippen LogP) is 22.7. The molecule has 0 aliphatic rings. The minimum absolute atomic E-state index is 0.365. The summed E-state index contributed by atoms with van der Waals surface area (Å²) in [7, 11) is 0. The maximum Gasteiger partial charge on any atom is 0.0393 e. The highest BCUT2D eigenvalue weighted by Gasteiger charge is 2.25. The number of nitrogens with one attached hydrogen (secondary N) is 1. The van der Waals surface area contributed by atoms with E-state index in [4.69, 9.17) is 0 Å². The van der Waals surface area contributed by atoms with Gasteiger partial charge in [-0.1, -0.05) is 227 Å². The van der Waals surface area contributed by atoms with E-state index in [0.29, 0.717) is 47.3 Å². The second-order valence-corrected chi connectivity index (χ2v) is 25.1. The first kappa shape index (κ1) is 55.9. The Bertz CT molecular complexity index is 2540. The molecule has 0 bridgehead atoms. The molecule has 0 saturated heterocycles. The SMILES string of the molecule is CCCCSNSc1c(-c2cc(-c3c(C(C)C)cccc3C(C)C)cc(-c3c(C(C)C)cccc3C(C)C)c2)cccc1-c1cc(-c2c(C(C)C)cccc2C(C)C)cc(-c2c(C(C)C)cccc2C(C)C)c1. The molecule has 0 atom stereocenters. The van der Waals surface area contributed by atoms with Gasteiger partial charge in [0.2, 0.25) is 0 Å². The largest absolute Gasteiger partial charge is 0.204 e. The highest BCUT2D eigenvalue weighted by molar-refractivity contribution is 8.12. The summed E-state index contributed by atoms with van der Waals surface area (Å²) < 4.78 is 3.87. The van der Waals surface area contributed by atoms with Crippen LogP contribution in [0.5, 0.6) is 0 Å². The van der Waals surface area contributed by atoms with Gasteiger partial charge in [0, 0.05) is 10.6 Å². The summed E-state index contributed by atoms with van der Waals surface area (Å²) >= 11 is 3.63. The highest BCUT2D eigenvalue weighted by atomic mass is 32.2. The quantitative estimate of drug-likeness (QED) is 0.0604. The summed E-state index contributed by atoms with van der Waals surface area (Å²) in [5.41, 5.74) is 26.9. The molecule has 384 valence electrons. The Kier molecular flexibility index (Phi) is 18.9. The van der Waals surface area contributed by atoms with Gasteiger partial charge in [0.1, 0.15) is 0 Å². The Morgan fingerprint density at radius 1 is 0.329 bits per heavy atom. The van der Waals surface area contributed by atoms with E-state index in [2.05, 4.69) is 249 Å². The zero-order chi connectivity index (χ0) is 52.8. The minimum atomic E-state index is 0.365. The van der Waals surface area contributed by atoms with Crippen molar-refractivity contribution < 1.29 is 0 Å². The molecule has 7 aromatic rings. The van der Waals surface area contributed by atoms with E-state index in [1.807, 2.05) is 11.9 Å². The molecule has 0 aromatic heterocycles. The molecule has 0 saturated carbocycles. The van der Waals surface area contributed by atoms with Gasteiger partial charge < -0.3 is 0 Å². The molecule has 0 radical (unpaired) electrons. The van der Waals surface area contributed by atoms with Crippen LogP contribution in [0, 0.1) is 0 Å². The fourth-order valence-corrected chi connectivity index (χ4v) is 13.0. The number of rotatable bonds is 20. The van der Waals surface area contributed by atoms with Gasteiger partial charge in [-0.2, -0.15) is 0 Å². The van der Waals surface area contributed by atoms with Crippen LogP contribution in [-0.4, -0.2) is 5.75 Å². The van der Waals surface area contributed by atoms with Crippen molar-refractivity contribution in [2.45, 2.75) is 183 Å².